The summed E-state index contributed by atoms with van der Waals surface area (Å²) >= 11 is 8.95. The van der Waals surface area contributed by atoms with Crippen LogP contribution in [0.15, 0.2) is 40.9 Å². The Bertz CT molecular complexity index is 721. The minimum absolute atomic E-state index is 0.0762. The Kier molecular flexibility index (Phi) is 3.59. The summed E-state index contributed by atoms with van der Waals surface area (Å²) in [6, 6.07) is 9.23. The summed E-state index contributed by atoms with van der Waals surface area (Å²) in [7, 11) is 0. The lowest BCUT2D eigenvalue weighted by atomic mass is 10.3. The highest BCUT2D eigenvalue weighted by molar-refractivity contribution is 8.01. The second-order valence-electron chi connectivity index (χ2n) is 3.89. The molecule has 0 bridgehead atoms. The van der Waals surface area contributed by atoms with Gasteiger partial charge in [-0.25, -0.2) is 4.98 Å². The summed E-state index contributed by atoms with van der Waals surface area (Å²) in [6.07, 6.45) is 1.75. The molecule has 1 aromatic carbocycles. The van der Waals surface area contributed by atoms with Crippen LogP contribution in [0.25, 0.3) is 10.2 Å². The van der Waals surface area contributed by atoms with Crippen molar-refractivity contribution in [1.82, 2.24) is 9.97 Å². The number of halogens is 1. The topological polar surface area (TPSA) is 45.8 Å². The second-order valence-corrected chi connectivity index (χ2v) is 6.58. The summed E-state index contributed by atoms with van der Waals surface area (Å²) in [5, 5.41) is 0.678. The van der Waals surface area contributed by atoms with Gasteiger partial charge in [0.1, 0.15) is 0 Å². The van der Waals surface area contributed by atoms with Crippen molar-refractivity contribution >= 4 is 50.7 Å². The number of aromatic amines is 1. The number of fused-ring (bicyclic) bond motifs is 1. The first-order valence-electron chi connectivity index (χ1n) is 5.58. The van der Waals surface area contributed by atoms with Crippen molar-refractivity contribution in [2.24, 2.45) is 0 Å². The highest BCUT2D eigenvalue weighted by Crippen LogP contribution is 2.31. The van der Waals surface area contributed by atoms with E-state index in [1.807, 2.05) is 24.3 Å². The molecule has 0 aliphatic carbocycles. The predicted molar refractivity (Wildman–Crippen MR) is 80.5 cm³/mol. The number of ketones is 1. The van der Waals surface area contributed by atoms with Crippen LogP contribution in [0.5, 0.6) is 0 Å². The number of carbonyl (C=O) groups is 1. The molecule has 0 aliphatic heterocycles. The van der Waals surface area contributed by atoms with Crippen molar-refractivity contribution in [3.63, 3.8) is 0 Å². The summed E-state index contributed by atoms with van der Waals surface area (Å²) in [5.74, 6) is 0.459. The molecule has 19 heavy (non-hydrogen) atoms. The molecule has 3 nitrogen and oxygen atoms in total. The summed E-state index contributed by atoms with van der Waals surface area (Å²) in [4.78, 5) is 19.2. The molecular weight excluding hydrogens is 300 g/mol. The molecule has 0 radical (unpaired) electrons. The van der Waals surface area contributed by atoms with Crippen molar-refractivity contribution in [2.45, 2.75) is 4.34 Å². The molecule has 3 aromatic rings. The average Bonchev–Trinajstić information content (AvgIpc) is 3.04. The van der Waals surface area contributed by atoms with Gasteiger partial charge in [0, 0.05) is 11.2 Å². The number of hydrogen-bond acceptors (Lipinski definition) is 4. The molecule has 1 N–H and O–H groups in total. The zero-order chi connectivity index (χ0) is 13.2. The van der Waals surface area contributed by atoms with Crippen molar-refractivity contribution < 1.29 is 4.79 Å². The molecule has 0 unspecified atom stereocenters. The number of aromatic nitrogens is 2. The molecule has 0 saturated heterocycles. The molecule has 0 fully saturated rings. The molecule has 6 heteroatoms. The van der Waals surface area contributed by atoms with Gasteiger partial charge in [-0.2, -0.15) is 0 Å². The quantitative estimate of drug-likeness (QED) is 0.579. The monoisotopic (exact) mass is 308 g/mol. The minimum atomic E-state index is 0.0762. The van der Waals surface area contributed by atoms with Crippen LogP contribution < -0.4 is 0 Å². The number of thiazole rings is 1. The van der Waals surface area contributed by atoms with Crippen LogP contribution in [0.1, 0.15) is 10.5 Å². The maximum absolute atomic E-state index is 11.9. The number of rotatable bonds is 4. The van der Waals surface area contributed by atoms with Crippen molar-refractivity contribution in [1.29, 1.82) is 0 Å². The van der Waals surface area contributed by atoms with E-state index in [4.69, 9.17) is 11.6 Å². The van der Waals surface area contributed by atoms with E-state index >= 15 is 0 Å². The van der Waals surface area contributed by atoms with Gasteiger partial charge in [0.25, 0.3) is 0 Å². The Morgan fingerprint density at radius 2 is 2.32 bits per heavy atom. The standard InChI is InChI=1S/C13H9ClN2OS2/c14-8-3-4-12-10(6-8)16-13(19-12)18-7-11(17)9-2-1-5-15-9/h1-6,15H,7H2. The van der Waals surface area contributed by atoms with Gasteiger partial charge in [0.05, 0.1) is 21.7 Å². The molecule has 96 valence electrons. The van der Waals surface area contributed by atoms with E-state index in [0.29, 0.717) is 16.5 Å². The van der Waals surface area contributed by atoms with Gasteiger partial charge < -0.3 is 4.98 Å². The fraction of sp³-hybridized carbons (Fsp3) is 0.0769. The maximum Gasteiger partial charge on any atom is 0.189 e. The molecule has 0 atom stereocenters. The fourth-order valence-corrected chi connectivity index (χ4v) is 3.75. The lowest BCUT2D eigenvalue weighted by Crippen LogP contribution is -2.02. The van der Waals surface area contributed by atoms with E-state index in [1.165, 1.54) is 11.8 Å². The van der Waals surface area contributed by atoms with Crippen LogP contribution in [-0.4, -0.2) is 21.5 Å². The van der Waals surface area contributed by atoms with E-state index in [1.54, 1.807) is 23.6 Å². The van der Waals surface area contributed by atoms with Gasteiger partial charge >= 0.3 is 0 Å². The summed E-state index contributed by atoms with van der Waals surface area (Å²) < 4.78 is 1.97. The molecular formula is C13H9ClN2OS2. The first-order valence-corrected chi connectivity index (χ1v) is 7.76. The number of carbonyl (C=O) groups excluding carboxylic acids is 1. The lowest BCUT2D eigenvalue weighted by Gasteiger charge is -1.95. The number of Topliss-reactive ketones (excluding diaryl/α,β-unsaturated/α-hetero) is 1. The van der Waals surface area contributed by atoms with E-state index in [0.717, 1.165) is 14.6 Å². The molecule has 0 amide bonds. The van der Waals surface area contributed by atoms with Crippen LogP contribution >= 0.6 is 34.7 Å². The Hall–Kier alpha value is -1.30. The average molecular weight is 309 g/mol. The number of benzene rings is 1. The molecule has 2 heterocycles. The molecule has 0 saturated carbocycles. The smallest absolute Gasteiger partial charge is 0.189 e. The maximum atomic E-state index is 11.9. The SMILES string of the molecule is O=C(CSc1nc2cc(Cl)ccc2s1)c1ccc[nH]1. The van der Waals surface area contributed by atoms with E-state index in [9.17, 15) is 4.79 Å². The normalized spacial score (nSPS) is 11.0. The third-order valence-corrected chi connectivity index (χ3v) is 4.97. The zero-order valence-corrected chi connectivity index (χ0v) is 12.1. The molecule has 0 aliphatic rings. The Morgan fingerprint density at radius 1 is 1.42 bits per heavy atom. The number of thioether (sulfide) groups is 1. The highest BCUT2D eigenvalue weighted by atomic mass is 35.5. The van der Waals surface area contributed by atoms with Crippen molar-refractivity contribution in [3.05, 3.63) is 47.2 Å². The van der Waals surface area contributed by atoms with E-state index in [-0.39, 0.29) is 5.78 Å². The Morgan fingerprint density at radius 3 is 3.11 bits per heavy atom. The third-order valence-electron chi connectivity index (χ3n) is 2.56. The van der Waals surface area contributed by atoms with Gasteiger partial charge in [0.15, 0.2) is 10.1 Å². The number of nitrogens with zero attached hydrogens (tertiary/aromatic N) is 1. The summed E-state index contributed by atoms with van der Waals surface area (Å²) in [6.45, 7) is 0. The number of H-pyrrole nitrogens is 1. The van der Waals surface area contributed by atoms with Gasteiger partial charge in [-0.1, -0.05) is 23.4 Å². The lowest BCUT2D eigenvalue weighted by molar-refractivity contribution is 0.101. The van der Waals surface area contributed by atoms with Gasteiger partial charge in [-0.05, 0) is 30.3 Å². The van der Waals surface area contributed by atoms with Gasteiger partial charge in [-0.15, -0.1) is 11.3 Å². The zero-order valence-electron chi connectivity index (χ0n) is 9.72. The van der Waals surface area contributed by atoms with Crippen LogP contribution in [0.4, 0.5) is 0 Å². The fourth-order valence-electron chi connectivity index (χ4n) is 1.65. The largest absolute Gasteiger partial charge is 0.359 e. The van der Waals surface area contributed by atoms with E-state index in [2.05, 4.69) is 9.97 Å². The third kappa shape index (κ3) is 2.83. The van der Waals surface area contributed by atoms with Crippen LogP contribution in [0, 0.1) is 0 Å². The van der Waals surface area contributed by atoms with Gasteiger partial charge in [0.2, 0.25) is 0 Å². The number of nitrogens with one attached hydrogen (secondary N) is 1. The first kappa shape index (κ1) is 12.7. The summed E-state index contributed by atoms with van der Waals surface area (Å²) in [5.41, 5.74) is 1.52. The van der Waals surface area contributed by atoms with Crippen LogP contribution in [0.2, 0.25) is 5.02 Å². The predicted octanol–water partition coefficient (Wildman–Crippen LogP) is 4.25. The molecule has 3 rings (SSSR count). The van der Waals surface area contributed by atoms with Gasteiger partial charge in [-0.3, -0.25) is 4.79 Å². The minimum Gasteiger partial charge on any atom is -0.359 e. The van der Waals surface area contributed by atoms with Crippen molar-refractivity contribution in [3.8, 4) is 0 Å². The second kappa shape index (κ2) is 5.36. The Balaban J connectivity index is 1.73. The highest BCUT2D eigenvalue weighted by Gasteiger charge is 2.10. The molecule has 2 aromatic heterocycles. The van der Waals surface area contributed by atoms with Crippen LogP contribution in [0.3, 0.4) is 0 Å². The Labute approximate surface area is 123 Å². The van der Waals surface area contributed by atoms with Crippen LogP contribution in [-0.2, 0) is 0 Å². The first-order chi connectivity index (χ1) is 9.22. The van der Waals surface area contributed by atoms with E-state index < -0.39 is 0 Å². The number of hydrogen-bond donors (Lipinski definition) is 1. The van der Waals surface area contributed by atoms with Crippen molar-refractivity contribution in [2.75, 3.05) is 5.75 Å². The molecule has 0 spiro atoms.